The van der Waals surface area contributed by atoms with Crippen LogP contribution < -0.4 is 9.64 Å². The Balaban J connectivity index is 0.000000485. The van der Waals surface area contributed by atoms with Crippen molar-refractivity contribution >= 4 is 16.5 Å². The Morgan fingerprint density at radius 1 is 0.780 bits per heavy atom. The molecule has 5 nitrogen and oxygen atoms in total. The van der Waals surface area contributed by atoms with E-state index >= 15 is 0 Å². The number of fused-ring (bicyclic) bond motifs is 1. The number of hydrogen-bond acceptors (Lipinski definition) is 4. The molecule has 1 aliphatic rings. The minimum absolute atomic E-state index is 0. The second-order valence-corrected chi connectivity index (χ2v) is 10.9. The predicted octanol–water partition coefficient (Wildman–Crippen LogP) is 9.25. The summed E-state index contributed by atoms with van der Waals surface area (Å²) in [5.74, 6) is 1.15. The molecule has 7 heteroatoms. The van der Waals surface area contributed by atoms with Gasteiger partial charge in [0.15, 0.2) is 0 Å². The first-order valence-corrected chi connectivity index (χ1v) is 15.3. The van der Waals surface area contributed by atoms with Crippen molar-refractivity contribution in [2.45, 2.75) is 0 Å². The number of rotatable bonds is 6. The Morgan fingerprint density at radius 2 is 1.56 bits per heavy atom. The molecule has 5 aromatic carbocycles. The summed E-state index contributed by atoms with van der Waals surface area (Å²) >= 11 is 0. The molecular formula is C43H27N4OPt2-3. The Hall–Kier alpha value is -5.13. The number of ether oxygens (including phenoxy) is 1. The first kappa shape index (κ1) is 36.2. The van der Waals surface area contributed by atoms with Crippen molar-refractivity contribution in [2.24, 2.45) is 0 Å². The largest absolute Gasteiger partial charge is 4.00 e. The molecule has 2 aromatic heterocycles. The van der Waals surface area contributed by atoms with Crippen LogP contribution in [0.5, 0.6) is 11.5 Å². The minimum atomic E-state index is 0. The molecule has 248 valence electrons. The molecule has 0 saturated carbocycles. The molecule has 0 N–H and O–H groups in total. The van der Waals surface area contributed by atoms with Crippen molar-refractivity contribution in [3.63, 3.8) is 0 Å². The maximum Gasteiger partial charge on any atom is 4.00 e. The average molecular weight is 1010 g/mol. The van der Waals surface area contributed by atoms with Gasteiger partial charge in [0, 0.05) is 39.2 Å². The molecule has 0 amide bonds. The standard InChI is InChI=1S/C37H23N3O.C6H4N.2Pt/c1-39-20-21-40(26-39)32-13-7-15-34(25-32)41-33-14-5-12-31(23-33)37-24-29(18-19-38-37)28-10-4-11-30(22-28)36-17-6-9-27-8-2-3-16-35(27)36;1-2-7-5-3-4-6-7;;/h2-9,11,13-22,26H,1H3;3-6H;;/q-6;-1;;+4. The Bertz CT molecular complexity index is 2250. The molecule has 0 bridgehead atoms. The second-order valence-electron chi connectivity index (χ2n) is 10.9. The molecule has 0 unspecified atom stereocenters. The summed E-state index contributed by atoms with van der Waals surface area (Å²) in [6.45, 7) is 1.97. The third kappa shape index (κ3) is 8.53. The summed E-state index contributed by atoms with van der Waals surface area (Å²) in [4.78, 5) is 8.52. The van der Waals surface area contributed by atoms with Gasteiger partial charge in [0.1, 0.15) is 0 Å². The average Bonchev–Trinajstić information content (AvgIpc) is 3.84. The van der Waals surface area contributed by atoms with Crippen LogP contribution in [-0.2, 0) is 42.1 Å². The summed E-state index contributed by atoms with van der Waals surface area (Å²) in [6.07, 6.45) is 15.8. The van der Waals surface area contributed by atoms with Gasteiger partial charge in [-0.05, 0) is 54.1 Å². The Morgan fingerprint density at radius 3 is 2.36 bits per heavy atom. The van der Waals surface area contributed by atoms with Crippen LogP contribution in [0.25, 0.3) is 44.3 Å². The van der Waals surface area contributed by atoms with Gasteiger partial charge in [-0.25, -0.2) is 23.2 Å². The summed E-state index contributed by atoms with van der Waals surface area (Å²) in [7, 11) is 1.98. The van der Waals surface area contributed by atoms with Crippen LogP contribution in [0.1, 0.15) is 0 Å². The van der Waals surface area contributed by atoms with E-state index in [0.717, 1.165) is 22.4 Å². The van der Waals surface area contributed by atoms with E-state index in [-0.39, 0.29) is 42.1 Å². The molecule has 7 aromatic rings. The predicted molar refractivity (Wildman–Crippen MR) is 189 cm³/mol. The van der Waals surface area contributed by atoms with Crippen LogP contribution in [0.3, 0.4) is 0 Å². The van der Waals surface area contributed by atoms with Crippen LogP contribution in [0.15, 0.2) is 140 Å². The van der Waals surface area contributed by atoms with Gasteiger partial charge in [-0.3, -0.25) is 12.1 Å². The number of anilines is 1. The van der Waals surface area contributed by atoms with Crippen LogP contribution in [0, 0.1) is 49.5 Å². The topological polar surface area (TPSA) is 33.5 Å². The Kier molecular flexibility index (Phi) is 12.3. The quantitative estimate of drug-likeness (QED) is 0.123. The summed E-state index contributed by atoms with van der Waals surface area (Å²) in [5, 5.41) is 2.44. The van der Waals surface area contributed by atoms with Gasteiger partial charge in [-0.15, -0.1) is 35.5 Å². The summed E-state index contributed by atoms with van der Waals surface area (Å²) in [6, 6.07) is 55.0. The van der Waals surface area contributed by atoms with Gasteiger partial charge >= 0.3 is 21.1 Å². The zero-order valence-electron chi connectivity index (χ0n) is 26.7. The normalized spacial score (nSPS) is 11.5. The summed E-state index contributed by atoms with van der Waals surface area (Å²) < 4.78 is 7.67. The maximum absolute atomic E-state index is 6.57. The zero-order valence-corrected chi connectivity index (χ0v) is 31.2. The molecule has 50 heavy (non-hydrogen) atoms. The van der Waals surface area contributed by atoms with E-state index in [9.17, 15) is 0 Å². The third-order valence-electron chi connectivity index (χ3n) is 7.59. The van der Waals surface area contributed by atoms with E-state index in [1.807, 2.05) is 90.5 Å². The molecule has 0 saturated heterocycles. The molecule has 0 radical (unpaired) electrons. The first-order chi connectivity index (χ1) is 23.6. The van der Waals surface area contributed by atoms with E-state index < -0.39 is 0 Å². The van der Waals surface area contributed by atoms with Crippen LogP contribution in [0.4, 0.5) is 5.69 Å². The van der Waals surface area contributed by atoms with Crippen molar-refractivity contribution in [1.82, 2.24) is 14.5 Å². The van der Waals surface area contributed by atoms with Gasteiger partial charge in [0.05, 0.1) is 0 Å². The third-order valence-corrected chi connectivity index (χ3v) is 7.59. The minimum Gasteiger partial charge on any atom is -0.669 e. The molecular weight excluding hydrogens is 979 g/mol. The molecule has 0 aliphatic carbocycles. The number of benzene rings is 5. The SMILES string of the molecule is CN1C=CN(c2[c-]c(Oc3[c-]c(-c4[c-]c(-c5[c-]ccc(-c6cccc7ccccc67)c5)ccn4)[c-]cc3)ccc2)[CH-]1.[C-]#Cn1cccc1.[Pt+4].[Pt]. The van der Waals surface area contributed by atoms with Crippen molar-refractivity contribution in [1.29, 1.82) is 0 Å². The zero-order chi connectivity index (χ0) is 32.7. The van der Waals surface area contributed by atoms with Crippen molar-refractivity contribution < 1.29 is 46.9 Å². The molecule has 0 atom stereocenters. The molecule has 8 rings (SSSR count). The smallest absolute Gasteiger partial charge is 0.669 e. The number of nitrogens with zero attached hydrogens (tertiary/aromatic N) is 4. The van der Waals surface area contributed by atoms with Gasteiger partial charge in [-0.2, -0.15) is 48.8 Å². The molecule has 1 aliphatic heterocycles. The fourth-order valence-electron chi connectivity index (χ4n) is 5.29. The van der Waals surface area contributed by atoms with E-state index in [4.69, 9.17) is 11.2 Å². The first-order valence-electron chi connectivity index (χ1n) is 15.3. The van der Waals surface area contributed by atoms with E-state index in [0.29, 0.717) is 22.8 Å². The summed E-state index contributed by atoms with van der Waals surface area (Å²) in [5.41, 5.74) is 6.34. The van der Waals surface area contributed by atoms with Crippen molar-refractivity contribution in [2.75, 3.05) is 11.9 Å². The van der Waals surface area contributed by atoms with Crippen LogP contribution in [0.2, 0.25) is 0 Å². The number of aromatic nitrogens is 2. The Labute approximate surface area is 322 Å². The van der Waals surface area contributed by atoms with Crippen LogP contribution >= 0.6 is 0 Å². The van der Waals surface area contributed by atoms with Crippen molar-refractivity contribution in [3.05, 3.63) is 184 Å². The van der Waals surface area contributed by atoms with Crippen LogP contribution in [-0.4, -0.2) is 21.5 Å². The van der Waals surface area contributed by atoms with Gasteiger partial charge in [-0.1, -0.05) is 48.2 Å². The molecule has 3 heterocycles. The van der Waals surface area contributed by atoms with Gasteiger partial charge < -0.3 is 42.1 Å². The van der Waals surface area contributed by atoms with Gasteiger partial charge in [0.25, 0.3) is 0 Å². The van der Waals surface area contributed by atoms with Crippen molar-refractivity contribution in [3.8, 4) is 51.1 Å². The molecule has 0 fully saturated rings. The van der Waals surface area contributed by atoms with Gasteiger partial charge in [0.2, 0.25) is 0 Å². The number of hydrogen-bond donors (Lipinski definition) is 0. The monoisotopic (exact) mass is 1010 g/mol. The maximum atomic E-state index is 6.57. The second kappa shape index (κ2) is 17.0. The van der Waals surface area contributed by atoms with E-state index in [1.165, 1.54) is 16.3 Å². The van der Waals surface area contributed by atoms with E-state index in [2.05, 4.69) is 96.0 Å². The molecule has 0 spiro atoms. The fourth-order valence-corrected chi connectivity index (χ4v) is 5.29. The van der Waals surface area contributed by atoms with E-state index in [1.54, 1.807) is 23.2 Å². The number of pyridine rings is 1. The fraction of sp³-hybridized carbons (Fsp3) is 0.0233.